The molecule has 0 fully saturated rings. The van der Waals surface area contributed by atoms with Gasteiger partial charge in [-0.15, -0.1) is 0 Å². The van der Waals surface area contributed by atoms with E-state index >= 15 is 0 Å². The van der Waals surface area contributed by atoms with E-state index in [-0.39, 0.29) is 0 Å². The van der Waals surface area contributed by atoms with E-state index in [0.717, 1.165) is 15.6 Å². The van der Waals surface area contributed by atoms with Crippen LogP contribution in [0.3, 0.4) is 0 Å². The molecule has 3 nitrogen and oxygen atoms in total. The molecule has 2 rings (SSSR count). The molecule has 0 amide bonds. The second-order valence-electron chi connectivity index (χ2n) is 4.34. The van der Waals surface area contributed by atoms with Crippen molar-refractivity contribution in [3.05, 3.63) is 47.9 Å². The number of hydrogen-bond donors (Lipinski definition) is 1. The van der Waals surface area contributed by atoms with E-state index < -0.39 is 0 Å². The zero-order valence-corrected chi connectivity index (χ0v) is 11.4. The Labute approximate surface area is 112 Å². The van der Waals surface area contributed by atoms with Crippen LogP contribution in [0.25, 0.3) is 0 Å². The largest absolute Gasteiger partial charge is 0.325 e. The van der Waals surface area contributed by atoms with Crippen LogP contribution in [-0.4, -0.2) is 9.97 Å². The maximum absolute atomic E-state index is 5.65. The van der Waals surface area contributed by atoms with Gasteiger partial charge in [0.2, 0.25) is 0 Å². The summed E-state index contributed by atoms with van der Waals surface area (Å²) < 4.78 is 0. The minimum absolute atomic E-state index is 0.417. The van der Waals surface area contributed by atoms with E-state index in [9.17, 15) is 0 Å². The molecule has 1 aromatic heterocycles. The van der Waals surface area contributed by atoms with Gasteiger partial charge in [-0.1, -0.05) is 37.7 Å². The molecule has 2 aromatic rings. The lowest BCUT2D eigenvalue weighted by Crippen LogP contribution is -2.02. The van der Waals surface area contributed by atoms with Gasteiger partial charge < -0.3 is 5.73 Å². The topological polar surface area (TPSA) is 51.8 Å². The summed E-state index contributed by atoms with van der Waals surface area (Å²) in [5, 5.41) is 0.886. The van der Waals surface area contributed by atoms with E-state index in [2.05, 4.69) is 48.1 Å². The maximum atomic E-state index is 5.65. The average Bonchev–Trinajstić information content (AvgIpc) is 2.40. The van der Waals surface area contributed by atoms with Crippen LogP contribution >= 0.6 is 11.8 Å². The van der Waals surface area contributed by atoms with Gasteiger partial charge >= 0.3 is 0 Å². The molecule has 0 radical (unpaired) electrons. The average molecular weight is 259 g/mol. The Morgan fingerprint density at radius 3 is 2.39 bits per heavy atom. The molecule has 0 saturated heterocycles. The Balaban J connectivity index is 2.18. The van der Waals surface area contributed by atoms with E-state index in [0.29, 0.717) is 12.5 Å². The molecule has 2 N–H and O–H groups in total. The van der Waals surface area contributed by atoms with E-state index in [1.807, 2.05) is 0 Å². The first-order valence-electron chi connectivity index (χ1n) is 5.98. The van der Waals surface area contributed by atoms with Crippen LogP contribution in [0.5, 0.6) is 0 Å². The fourth-order valence-electron chi connectivity index (χ4n) is 1.61. The van der Waals surface area contributed by atoms with Crippen molar-refractivity contribution in [1.29, 1.82) is 0 Å². The first-order valence-corrected chi connectivity index (χ1v) is 6.80. The van der Waals surface area contributed by atoms with Crippen molar-refractivity contribution in [3.8, 4) is 0 Å². The maximum Gasteiger partial charge on any atom is 0.124 e. The molecule has 4 heteroatoms. The van der Waals surface area contributed by atoms with Crippen LogP contribution in [-0.2, 0) is 6.54 Å². The highest BCUT2D eigenvalue weighted by atomic mass is 32.2. The van der Waals surface area contributed by atoms with Crippen LogP contribution in [0, 0.1) is 0 Å². The van der Waals surface area contributed by atoms with Crippen molar-refractivity contribution in [1.82, 2.24) is 9.97 Å². The highest BCUT2D eigenvalue weighted by molar-refractivity contribution is 7.99. The van der Waals surface area contributed by atoms with Gasteiger partial charge in [0.1, 0.15) is 5.03 Å². The molecular weight excluding hydrogens is 242 g/mol. The summed E-state index contributed by atoms with van der Waals surface area (Å²) in [5.74, 6) is 0.556. The van der Waals surface area contributed by atoms with Crippen LogP contribution in [0.15, 0.2) is 46.6 Å². The minimum atomic E-state index is 0.417. The predicted octanol–water partition coefficient (Wildman–Crippen LogP) is 3.21. The Hall–Kier alpha value is -1.39. The van der Waals surface area contributed by atoms with E-state index in [4.69, 9.17) is 5.73 Å². The van der Waals surface area contributed by atoms with Crippen molar-refractivity contribution in [2.75, 3.05) is 0 Å². The van der Waals surface area contributed by atoms with Gasteiger partial charge in [-0.2, -0.15) is 0 Å². The second kappa shape index (κ2) is 5.98. The third kappa shape index (κ3) is 3.09. The summed E-state index contributed by atoms with van der Waals surface area (Å²) in [6.07, 6.45) is 3.37. The summed E-state index contributed by atoms with van der Waals surface area (Å²) in [5.41, 5.74) is 7.84. The fraction of sp³-hybridized carbons (Fsp3) is 0.286. The molecule has 0 bridgehead atoms. The van der Waals surface area contributed by atoms with Gasteiger partial charge in [-0.3, -0.25) is 4.98 Å². The van der Waals surface area contributed by atoms with Gasteiger partial charge in [0.05, 0.1) is 5.69 Å². The monoisotopic (exact) mass is 259 g/mol. The molecule has 0 atom stereocenters. The van der Waals surface area contributed by atoms with Gasteiger partial charge in [0.15, 0.2) is 0 Å². The predicted molar refractivity (Wildman–Crippen MR) is 74.6 cm³/mol. The lowest BCUT2D eigenvalue weighted by Gasteiger charge is -2.07. The quantitative estimate of drug-likeness (QED) is 0.916. The smallest absolute Gasteiger partial charge is 0.124 e. The van der Waals surface area contributed by atoms with E-state index in [1.165, 1.54) is 5.56 Å². The highest BCUT2D eigenvalue weighted by Crippen LogP contribution is 2.28. The molecule has 0 aliphatic carbocycles. The van der Waals surface area contributed by atoms with Crippen LogP contribution < -0.4 is 5.73 Å². The molecule has 0 unspecified atom stereocenters. The Bertz CT molecular complexity index is 509. The summed E-state index contributed by atoms with van der Waals surface area (Å²) in [6.45, 7) is 4.80. The number of rotatable bonds is 4. The zero-order valence-electron chi connectivity index (χ0n) is 10.6. The highest BCUT2D eigenvalue weighted by Gasteiger charge is 2.06. The first kappa shape index (κ1) is 13.1. The molecule has 0 saturated carbocycles. The van der Waals surface area contributed by atoms with Crippen LogP contribution in [0.4, 0.5) is 0 Å². The van der Waals surface area contributed by atoms with Crippen molar-refractivity contribution in [3.63, 3.8) is 0 Å². The molecule has 94 valence electrons. The summed E-state index contributed by atoms with van der Waals surface area (Å²) in [7, 11) is 0. The second-order valence-corrected chi connectivity index (χ2v) is 5.40. The summed E-state index contributed by atoms with van der Waals surface area (Å²) >= 11 is 1.61. The third-order valence-corrected chi connectivity index (χ3v) is 3.73. The third-order valence-electron chi connectivity index (χ3n) is 2.69. The molecule has 0 spiro atoms. The lowest BCUT2D eigenvalue weighted by molar-refractivity contribution is 0.864. The standard InChI is InChI=1S/C14H17N3S/c1-10(2)11-3-5-12(6-4-11)18-14-13(9-15)16-7-8-17-14/h3-8,10H,9,15H2,1-2H3. The van der Waals surface area contributed by atoms with E-state index in [1.54, 1.807) is 24.2 Å². The SMILES string of the molecule is CC(C)c1ccc(Sc2nccnc2CN)cc1. The van der Waals surface area contributed by atoms with Crippen molar-refractivity contribution in [2.24, 2.45) is 5.73 Å². The molecule has 1 aromatic carbocycles. The van der Waals surface area contributed by atoms with Crippen LogP contribution in [0.1, 0.15) is 31.0 Å². The number of benzene rings is 1. The first-order chi connectivity index (χ1) is 8.70. The van der Waals surface area contributed by atoms with Gasteiger partial charge in [0.25, 0.3) is 0 Å². The zero-order chi connectivity index (χ0) is 13.0. The lowest BCUT2D eigenvalue weighted by atomic mass is 10.0. The molecule has 0 aliphatic heterocycles. The van der Waals surface area contributed by atoms with Gasteiger partial charge in [-0.05, 0) is 23.6 Å². The summed E-state index contributed by atoms with van der Waals surface area (Å²) in [6, 6.07) is 8.56. The van der Waals surface area contributed by atoms with Gasteiger partial charge in [-0.25, -0.2) is 4.98 Å². The Morgan fingerprint density at radius 1 is 1.11 bits per heavy atom. The van der Waals surface area contributed by atoms with Crippen molar-refractivity contribution in [2.45, 2.75) is 36.2 Å². The molecule has 1 heterocycles. The minimum Gasteiger partial charge on any atom is -0.325 e. The Morgan fingerprint density at radius 2 is 1.78 bits per heavy atom. The summed E-state index contributed by atoms with van der Waals surface area (Å²) in [4.78, 5) is 9.72. The van der Waals surface area contributed by atoms with Gasteiger partial charge in [0, 0.05) is 23.8 Å². The molecule has 0 aliphatic rings. The fourth-order valence-corrected chi connectivity index (χ4v) is 2.47. The normalized spacial score (nSPS) is 10.9. The van der Waals surface area contributed by atoms with Crippen molar-refractivity contribution < 1.29 is 0 Å². The number of aromatic nitrogens is 2. The van der Waals surface area contributed by atoms with Crippen molar-refractivity contribution >= 4 is 11.8 Å². The number of nitrogens with zero attached hydrogens (tertiary/aromatic N) is 2. The Kier molecular flexibility index (Phi) is 4.33. The number of nitrogens with two attached hydrogens (primary N) is 1. The molecular formula is C14H17N3S. The van der Waals surface area contributed by atoms with Crippen LogP contribution in [0.2, 0.25) is 0 Å². The molecule has 18 heavy (non-hydrogen) atoms. The number of hydrogen-bond acceptors (Lipinski definition) is 4.